The van der Waals surface area contributed by atoms with Gasteiger partial charge in [-0.25, -0.2) is 0 Å². The summed E-state index contributed by atoms with van der Waals surface area (Å²) in [5.74, 6) is 2.25. The van der Waals surface area contributed by atoms with Gasteiger partial charge in [0.25, 0.3) is 11.4 Å². The normalized spacial score (nSPS) is 11.1. The molecular weight excluding hydrogens is 592 g/mol. The average Bonchev–Trinajstić information content (AvgIpc) is 3.09. The summed E-state index contributed by atoms with van der Waals surface area (Å²) in [6.45, 7) is 4.32. The van der Waals surface area contributed by atoms with Gasteiger partial charge in [0.15, 0.2) is 0 Å². The predicted molar refractivity (Wildman–Crippen MR) is 182 cm³/mol. The van der Waals surface area contributed by atoms with Crippen LogP contribution in [0.5, 0.6) is 23.0 Å². The molecule has 0 saturated heterocycles. The van der Waals surface area contributed by atoms with Gasteiger partial charge in [0, 0.05) is 40.8 Å². The van der Waals surface area contributed by atoms with Gasteiger partial charge < -0.3 is 9.47 Å². The minimum absolute atomic E-state index is 0.00300. The molecule has 0 amide bonds. The van der Waals surface area contributed by atoms with Crippen LogP contribution in [0.1, 0.15) is 25.0 Å². The Hall–Kier alpha value is -6.28. The molecule has 0 aliphatic heterocycles. The molecule has 0 aliphatic carbocycles. The van der Waals surface area contributed by atoms with Crippen molar-refractivity contribution in [3.8, 4) is 45.3 Å². The summed E-state index contributed by atoms with van der Waals surface area (Å²) >= 11 is 0. The third kappa shape index (κ3) is 6.72. The lowest BCUT2D eigenvalue weighted by atomic mass is 9.76. The average molecular weight is 623 g/mol. The summed E-state index contributed by atoms with van der Waals surface area (Å²) in [7, 11) is 0. The highest BCUT2D eigenvalue weighted by Gasteiger charge is 2.26. The number of benzene rings is 6. The van der Waals surface area contributed by atoms with Gasteiger partial charge in [0.2, 0.25) is 0 Å². The quantitative estimate of drug-likeness (QED) is 0.111. The molecule has 6 aromatic rings. The summed E-state index contributed by atoms with van der Waals surface area (Å²) in [5, 5.41) is 22.3. The molecule has 0 aromatic heterocycles. The topological polar surface area (TPSA) is 105 Å². The van der Waals surface area contributed by atoms with Crippen molar-refractivity contribution in [2.45, 2.75) is 19.3 Å². The largest absolute Gasteiger partial charge is 0.457 e. The summed E-state index contributed by atoms with van der Waals surface area (Å²) in [6.07, 6.45) is 0. The van der Waals surface area contributed by atoms with Crippen LogP contribution in [0.2, 0.25) is 0 Å². The summed E-state index contributed by atoms with van der Waals surface area (Å²) in [6, 6.07) is 44.2. The van der Waals surface area contributed by atoms with Crippen LogP contribution in [-0.2, 0) is 5.41 Å². The zero-order valence-corrected chi connectivity index (χ0v) is 25.7. The molecule has 0 aliphatic rings. The van der Waals surface area contributed by atoms with Gasteiger partial charge in [-0.1, -0.05) is 86.6 Å². The first-order valence-electron chi connectivity index (χ1n) is 14.9. The summed E-state index contributed by atoms with van der Waals surface area (Å²) < 4.78 is 12.5. The van der Waals surface area contributed by atoms with Crippen LogP contribution in [0.4, 0.5) is 11.4 Å². The Morgan fingerprint density at radius 1 is 0.489 bits per heavy atom. The molecule has 47 heavy (non-hydrogen) atoms. The number of nitro groups is 2. The highest BCUT2D eigenvalue weighted by atomic mass is 16.6. The molecule has 0 unspecified atom stereocenters. The molecular formula is C39H30N2O6. The van der Waals surface area contributed by atoms with E-state index in [1.54, 1.807) is 24.3 Å². The van der Waals surface area contributed by atoms with E-state index in [4.69, 9.17) is 9.47 Å². The Kier molecular flexibility index (Phi) is 8.49. The lowest BCUT2D eigenvalue weighted by molar-refractivity contribution is -0.385. The Bertz CT molecular complexity index is 1890. The van der Waals surface area contributed by atoms with E-state index in [1.165, 1.54) is 24.3 Å². The van der Waals surface area contributed by atoms with E-state index in [-0.39, 0.29) is 11.4 Å². The van der Waals surface area contributed by atoms with E-state index in [2.05, 4.69) is 26.0 Å². The van der Waals surface area contributed by atoms with Crippen LogP contribution < -0.4 is 9.47 Å². The number of hydrogen-bond acceptors (Lipinski definition) is 6. The number of nitrogens with zero attached hydrogens (tertiary/aromatic N) is 2. The molecule has 0 spiro atoms. The fourth-order valence-electron chi connectivity index (χ4n) is 5.39. The minimum atomic E-state index is -0.454. The van der Waals surface area contributed by atoms with Crippen LogP contribution in [0.25, 0.3) is 22.3 Å². The number of non-ortho nitro benzene ring substituents is 2. The molecule has 0 saturated carbocycles. The summed E-state index contributed by atoms with van der Waals surface area (Å²) in [5.41, 5.74) is 5.36. The van der Waals surface area contributed by atoms with E-state index >= 15 is 0 Å². The van der Waals surface area contributed by atoms with E-state index < -0.39 is 15.3 Å². The Labute approximate surface area is 271 Å². The predicted octanol–water partition coefficient (Wildman–Crippen LogP) is 10.7. The first-order valence-corrected chi connectivity index (χ1v) is 14.9. The van der Waals surface area contributed by atoms with E-state index in [9.17, 15) is 20.2 Å². The second-order valence-electron chi connectivity index (χ2n) is 11.5. The van der Waals surface area contributed by atoms with Gasteiger partial charge in [-0.3, -0.25) is 20.2 Å². The Morgan fingerprint density at radius 2 is 0.851 bits per heavy atom. The highest BCUT2D eigenvalue weighted by Crippen LogP contribution is 2.43. The molecule has 0 fully saturated rings. The van der Waals surface area contributed by atoms with Crippen molar-refractivity contribution in [3.05, 3.63) is 177 Å². The van der Waals surface area contributed by atoms with E-state index in [0.29, 0.717) is 23.0 Å². The second kappa shape index (κ2) is 13.0. The third-order valence-electron chi connectivity index (χ3n) is 8.12. The van der Waals surface area contributed by atoms with Crippen LogP contribution in [0, 0.1) is 20.2 Å². The SMILES string of the molecule is CC(C)(c1ccc(Oc2ccc([N+](=O)[O-])cc2)c(-c2ccccc2)c1)c1ccc(Oc2ccc([N+](=O)[O-])cc2)c(-c2ccccc2)c1. The molecule has 8 heteroatoms. The second-order valence-corrected chi connectivity index (χ2v) is 11.5. The lowest BCUT2D eigenvalue weighted by Crippen LogP contribution is -2.19. The molecule has 0 bridgehead atoms. The van der Waals surface area contributed by atoms with Gasteiger partial charge >= 0.3 is 0 Å². The smallest absolute Gasteiger partial charge is 0.269 e. The summed E-state index contributed by atoms with van der Waals surface area (Å²) in [4.78, 5) is 21.4. The minimum Gasteiger partial charge on any atom is -0.457 e. The maximum absolute atomic E-state index is 11.1. The van der Waals surface area contributed by atoms with E-state index in [1.807, 2.05) is 84.9 Å². The zero-order chi connectivity index (χ0) is 33.0. The molecule has 6 aromatic carbocycles. The molecule has 0 radical (unpaired) electrons. The number of hydrogen-bond donors (Lipinski definition) is 0. The number of ether oxygens (including phenoxy) is 2. The van der Waals surface area contributed by atoms with Gasteiger partial charge in [0.05, 0.1) is 9.85 Å². The first kappa shape index (κ1) is 30.7. The van der Waals surface area contributed by atoms with Gasteiger partial charge in [0.1, 0.15) is 23.0 Å². The molecule has 8 nitrogen and oxygen atoms in total. The van der Waals surface area contributed by atoms with Crippen LogP contribution >= 0.6 is 0 Å². The van der Waals surface area contributed by atoms with Crippen molar-refractivity contribution in [3.63, 3.8) is 0 Å². The van der Waals surface area contributed by atoms with Gasteiger partial charge in [-0.15, -0.1) is 0 Å². The Morgan fingerprint density at radius 3 is 1.19 bits per heavy atom. The maximum Gasteiger partial charge on any atom is 0.269 e. The maximum atomic E-state index is 11.1. The van der Waals surface area contributed by atoms with Crippen molar-refractivity contribution in [2.75, 3.05) is 0 Å². The van der Waals surface area contributed by atoms with E-state index in [0.717, 1.165) is 33.4 Å². The zero-order valence-electron chi connectivity index (χ0n) is 25.7. The van der Waals surface area contributed by atoms with Crippen molar-refractivity contribution in [1.29, 1.82) is 0 Å². The third-order valence-corrected chi connectivity index (χ3v) is 8.12. The number of nitro benzene ring substituents is 2. The van der Waals surface area contributed by atoms with Crippen molar-refractivity contribution in [1.82, 2.24) is 0 Å². The standard InChI is InChI=1S/C39H30N2O6/c1-39(2,29-13-23-37(35(25-29)27-9-5-3-6-10-27)46-33-19-15-31(16-20-33)40(42)43)30-14-24-38(36(26-30)28-11-7-4-8-12-28)47-34-21-17-32(18-22-34)41(44)45/h3-26H,1-2H3. The van der Waals surface area contributed by atoms with Crippen molar-refractivity contribution >= 4 is 11.4 Å². The molecule has 6 rings (SSSR count). The highest BCUT2D eigenvalue weighted by molar-refractivity contribution is 5.74. The molecule has 232 valence electrons. The van der Waals surface area contributed by atoms with Crippen molar-refractivity contribution in [2.24, 2.45) is 0 Å². The first-order chi connectivity index (χ1) is 22.7. The Balaban J connectivity index is 1.39. The van der Waals surface area contributed by atoms with Gasteiger partial charge in [-0.2, -0.15) is 0 Å². The van der Waals surface area contributed by atoms with Crippen LogP contribution in [0.3, 0.4) is 0 Å². The lowest BCUT2D eigenvalue weighted by Gasteiger charge is -2.28. The van der Waals surface area contributed by atoms with Crippen molar-refractivity contribution < 1.29 is 19.3 Å². The molecule has 0 heterocycles. The van der Waals surface area contributed by atoms with Gasteiger partial charge in [-0.05, 0) is 70.8 Å². The monoisotopic (exact) mass is 622 g/mol. The van der Waals surface area contributed by atoms with Crippen LogP contribution in [0.15, 0.2) is 146 Å². The fourth-order valence-corrected chi connectivity index (χ4v) is 5.39. The number of rotatable bonds is 10. The fraction of sp³-hybridized carbons (Fsp3) is 0.0769. The van der Waals surface area contributed by atoms with Crippen LogP contribution in [-0.4, -0.2) is 9.85 Å². The molecule has 0 N–H and O–H groups in total. The molecule has 0 atom stereocenters.